The van der Waals surface area contributed by atoms with E-state index in [9.17, 15) is 0 Å². The zero-order valence-electron chi connectivity index (χ0n) is 11.1. The number of fused-ring (bicyclic) bond motifs is 1. The first-order valence-corrected chi connectivity index (χ1v) is 5.97. The summed E-state index contributed by atoms with van der Waals surface area (Å²) in [5.41, 5.74) is 8.86. The van der Waals surface area contributed by atoms with Crippen molar-refractivity contribution >= 4 is 22.7 Å². The fourth-order valence-electron chi connectivity index (χ4n) is 1.90. The quantitative estimate of drug-likeness (QED) is 0.676. The van der Waals surface area contributed by atoms with Crippen molar-refractivity contribution in [1.82, 2.24) is 14.9 Å². The van der Waals surface area contributed by atoms with Crippen LogP contribution in [0.5, 0.6) is 0 Å². The molecule has 98 valence electrons. The van der Waals surface area contributed by atoms with Gasteiger partial charge in [-0.15, -0.1) is 5.10 Å². The number of rotatable bonds is 5. The number of aromatic nitrogens is 2. The van der Waals surface area contributed by atoms with Crippen LogP contribution in [0.15, 0.2) is 18.3 Å². The summed E-state index contributed by atoms with van der Waals surface area (Å²) in [7, 11) is 5.91. The van der Waals surface area contributed by atoms with Crippen molar-refractivity contribution in [3.05, 3.63) is 18.3 Å². The maximum absolute atomic E-state index is 6.17. The zero-order chi connectivity index (χ0) is 13.1. The lowest BCUT2D eigenvalue weighted by Gasteiger charge is -2.13. The van der Waals surface area contributed by atoms with E-state index in [1.54, 1.807) is 0 Å². The summed E-state index contributed by atoms with van der Waals surface area (Å²) in [6.07, 6.45) is 1.90. The third-order valence-corrected chi connectivity index (χ3v) is 2.82. The van der Waals surface area contributed by atoms with Gasteiger partial charge in [0.2, 0.25) is 0 Å². The zero-order valence-corrected chi connectivity index (χ0v) is 11.1. The van der Waals surface area contributed by atoms with Crippen LogP contribution in [0, 0.1) is 0 Å². The third kappa shape index (κ3) is 2.19. The second-order valence-electron chi connectivity index (χ2n) is 4.37. The van der Waals surface area contributed by atoms with Gasteiger partial charge in [0.15, 0.2) is 5.82 Å². The van der Waals surface area contributed by atoms with Crippen LogP contribution in [0.3, 0.4) is 0 Å². The SMILES string of the molecule is CNCCNc1nn2cccc(N(C)C)c2c1N. The smallest absolute Gasteiger partial charge is 0.172 e. The highest BCUT2D eigenvalue weighted by Crippen LogP contribution is 2.30. The summed E-state index contributed by atoms with van der Waals surface area (Å²) < 4.78 is 1.81. The van der Waals surface area contributed by atoms with Crippen LogP contribution < -0.4 is 21.3 Å². The minimum atomic E-state index is 0.690. The van der Waals surface area contributed by atoms with E-state index in [0.717, 1.165) is 30.1 Å². The lowest BCUT2D eigenvalue weighted by molar-refractivity contribution is 0.818. The predicted molar refractivity (Wildman–Crippen MR) is 76.3 cm³/mol. The average Bonchev–Trinajstić information content (AvgIpc) is 2.67. The maximum atomic E-state index is 6.17. The molecule has 0 aliphatic carbocycles. The molecule has 0 saturated carbocycles. The second kappa shape index (κ2) is 5.14. The Morgan fingerprint density at radius 3 is 2.83 bits per heavy atom. The molecule has 2 rings (SSSR count). The van der Waals surface area contributed by atoms with Crippen LogP contribution >= 0.6 is 0 Å². The van der Waals surface area contributed by atoms with Crippen molar-refractivity contribution in [1.29, 1.82) is 0 Å². The van der Waals surface area contributed by atoms with E-state index in [2.05, 4.69) is 15.7 Å². The minimum absolute atomic E-state index is 0.690. The first-order chi connectivity index (χ1) is 8.65. The molecule has 0 aliphatic heterocycles. The van der Waals surface area contributed by atoms with Gasteiger partial charge in [0, 0.05) is 33.4 Å². The van der Waals surface area contributed by atoms with Crippen molar-refractivity contribution in [3.63, 3.8) is 0 Å². The van der Waals surface area contributed by atoms with Gasteiger partial charge in [-0.05, 0) is 19.2 Å². The third-order valence-electron chi connectivity index (χ3n) is 2.82. The number of nitrogens with zero attached hydrogens (tertiary/aromatic N) is 3. The molecule has 0 spiro atoms. The summed E-state index contributed by atoms with van der Waals surface area (Å²) in [5.74, 6) is 0.736. The van der Waals surface area contributed by atoms with Crippen molar-refractivity contribution in [2.45, 2.75) is 0 Å². The molecular weight excluding hydrogens is 228 g/mol. The molecule has 0 bridgehead atoms. The molecule has 0 aromatic carbocycles. The molecule has 2 aromatic rings. The largest absolute Gasteiger partial charge is 0.394 e. The highest BCUT2D eigenvalue weighted by Gasteiger charge is 2.13. The van der Waals surface area contributed by atoms with E-state index in [1.807, 2.05) is 48.9 Å². The fraction of sp³-hybridized carbons (Fsp3) is 0.417. The van der Waals surface area contributed by atoms with Crippen molar-refractivity contribution in [2.24, 2.45) is 0 Å². The van der Waals surface area contributed by atoms with E-state index < -0.39 is 0 Å². The van der Waals surface area contributed by atoms with Crippen molar-refractivity contribution in [2.75, 3.05) is 50.2 Å². The molecule has 18 heavy (non-hydrogen) atoms. The molecule has 4 N–H and O–H groups in total. The lowest BCUT2D eigenvalue weighted by Crippen LogP contribution is -2.18. The number of nitrogen functional groups attached to an aromatic ring is 1. The Kier molecular flexibility index (Phi) is 3.57. The molecule has 0 atom stereocenters. The molecule has 0 unspecified atom stereocenters. The Balaban J connectivity index is 2.40. The van der Waals surface area contributed by atoms with Crippen LogP contribution in [-0.2, 0) is 0 Å². The normalized spacial score (nSPS) is 10.8. The Hall–Kier alpha value is -1.95. The average molecular weight is 248 g/mol. The Labute approximate surface area is 107 Å². The summed E-state index contributed by atoms with van der Waals surface area (Å²) in [6, 6.07) is 4.00. The number of nitrogens with two attached hydrogens (primary N) is 1. The van der Waals surface area contributed by atoms with E-state index >= 15 is 0 Å². The molecule has 0 fully saturated rings. The predicted octanol–water partition coefficient (Wildman–Crippen LogP) is 0.614. The first kappa shape index (κ1) is 12.5. The molecule has 2 aromatic heterocycles. The molecule has 0 amide bonds. The van der Waals surface area contributed by atoms with Gasteiger partial charge in [0.05, 0.1) is 5.69 Å². The van der Waals surface area contributed by atoms with Gasteiger partial charge in [-0.2, -0.15) is 0 Å². The maximum Gasteiger partial charge on any atom is 0.172 e. The number of nitrogens with one attached hydrogen (secondary N) is 2. The first-order valence-electron chi connectivity index (χ1n) is 5.97. The van der Waals surface area contributed by atoms with Crippen LogP contribution in [0.25, 0.3) is 5.52 Å². The van der Waals surface area contributed by atoms with Gasteiger partial charge >= 0.3 is 0 Å². The molecule has 2 heterocycles. The highest BCUT2D eigenvalue weighted by molar-refractivity contribution is 5.90. The van der Waals surface area contributed by atoms with Gasteiger partial charge in [0.25, 0.3) is 0 Å². The van der Waals surface area contributed by atoms with Gasteiger partial charge < -0.3 is 21.3 Å². The lowest BCUT2D eigenvalue weighted by atomic mass is 10.3. The van der Waals surface area contributed by atoms with Crippen LogP contribution in [-0.4, -0.2) is 43.8 Å². The second-order valence-corrected chi connectivity index (χ2v) is 4.37. The van der Waals surface area contributed by atoms with Gasteiger partial charge in [0.1, 0.15) is 11.2 Å². The topological polar surface area (TPSA) is 70.6 Å². The molecule has 0 saturated heterocycles. The number of pyridine rings is 1. The van der Waals surface area contributed by atoms with E-state index in [1.165, 1.54) is 0 Å². The molecule has 0 aliphatic rings. The molecule has 0 radical (unpaired) electrons. The van der Waals surface area contributed by atoms with E-state index in [4.69, 9.17) is 5.73 Å². The molecular formula is C12H20N6. The summed E-state index contributed by atoms with van der Waals surface area (Å²) in [5, 5.41) is 10.8. The number of anilines is 3. The van der Waals surface area contributed by atoms with Gasteiger partial charge in [-0.3, -0.25) is 0 Å². The van der Waals surface area contributed by atoms with Gasteiger partial charge in [-0.1, -0.05) is 0 Å². The minimum Gasteiger partial charge on any atom is -0.394 e. The number of likely N-dealkylation sites (N-methyl/N-ethyl adjacent to an activating group) is 1. The van der Waals surface area contributed by atoms with Crippen LogP contribution in [0.2, 0.25) is 0 Å². The Morgan fingerprint density at radius 2 is 2.17 bits per heavy atom. The molecule has 6 nitrogen and oxygen atoms in total. The van der Waals surface area contributed by atoms with Crippen molar-refractivity contribution in [3.8, 4) is 0 Å². The van der Waals surface area contributed by atoms with Crippen LogP contribution in [0.4, 0.5) is 17.2 Å². The summed E-state index contributed by atoms with van der Waals surface area (Å²) in [4.78, 5) is 2.03. The van der Waals surface area contributed by atoms with Crippen LogP contribution in [0.1, 0.15) is 0 Å². The Morgan fingerprint density at radius 1 is 1.39 bits per heavy atom. The Bertz CT molecular complexity index is 531. The highest BCUT2D eigenvalue weighted by atomic mass is 15.3. The van der Waals surface area contributed by atoms with Crippen molar-refractivity contribution < 1.29 is 0 Å². The number of hydrogen-bond acceptors (Lipinski definition) is 5. The van der Waals surface area contributed by atoms with Gasteiger partial charge in [-0.25, -0.2) is 4.52 Å². The van der Waals surface area contributed by atoms with E-state index in [-0.39, 0.29) is 0 Å². The summed E-state index contributed by atoms with van der Waals surface area (Å²) in [6.45, 7) is 1.66. The standard InChI is InChI=1S/C12H20N6/c1-14-6-7-15-12-10(13)11-9(17(2)3)5-4-8-18(11)16-12/h4-5,8,14H,6-7,13H2,1-3H3,(H,15,16). The fourth-order valence-corrected chi connectivity index (χ4v) is 1.90. The monoisotopic (exact) mass is 248 g/mol. The molecule has 6 heteroatoms. The number of hydrogen-bond donors (Lipinski definition) is 3. The van der Waals surface area contributed by atoms with E-state index in [0.29, 0.717) is 5.69 Å². The summed E-state index contributed by atoms with van der Waals surface area (Å²) >= 11 is 0.